The maximum atomic E-state index is 12.9. The Kier molecular flexibility index (Phi) is 6.12. The molecule has 5 heteroatoms. The SMILES string of the molecule is O=C(CN1CCN(CCc2ccccc2)CC1)N1CCSc2ccccc21. The molecule has 0 radical (unpaired) electrons. The van der Waals surface area contributed by atoms with Crippen LogP contribution in [0, 0.1) is 0 Å². The Balaban J connectivity index is 1.25. The monoisotopic (exact) mass is 381 g/mol. The highest BCUT2D eigenvalue weighted by atomic mass is 32.2. The lowest BCUT2D eigenvalue weighted by Gasteiger charge is -2.36. The molecule has 0 aliphatic carbocycles. The van der Waals surface area contributed by atoms with E-state index in [1.807, 2.05) is 22.7 Å². The summed E-state index contributed by atoms with van der Waals surface area (Å²) in [5, 5.41) is 0. The normalized spacial score (nSPS) is 18.3. The average Bonchev–Trinajstić information content (AvgIpc) is 2.73. The zero-order valence-electron chi connectivity index (χ0n) is 15.7. The third kappa shape index (κ3) is 4.72. The van der Waals surface area contributed by atoms with Gasteiger partial charge in [0.05, 0.1) is 12.2 Å². The number of hydrogen-bond acceptors (Lipinski definition) is 4. The molecule has 142 valence electrons. The third-order valence-corrected chi connectivity index (χ3v) is 6.46. The van der Waals surface area contributed by atoms with Crippen molar-refractivity contribution in [1.82, 2.24) is 9.80 Å². The van der Waals surface area contributed by atoms with Crippen LogP contribution < -0.4 is 4.90 Å². The molecule has 4 nitrogen and oxygen atoms in total. The molecule has 0 bridgehead atoms. The van der Waals surface area contributed by atoms with Crippen molar-refractivity contribution < 1.29 is 4.79 Å². The molecule has 0 spiro atoms. The van der Waals surface area contributed by atoms with Crippen LogP contribution in [0.15, 0.2) is 59.5 Å². The lowest BCUT2D eigenvalue weighted by Crippen LogP contribution is -2.51. The van der Waals surface area contributed by atoms with Gasteiger partial charge in [-0.05, 0) is 24.1 Å². The number of piperazine rings is 1. The summed E-state index contributed by atoms with van der Waals surface area (Å²) in [6, 6.07) is 18.9. The molecule has 0 saturated carbocycles. The molecule has 0 N–H and O–H groups in total. The summed E-state index contributed by atoms with van der Waals surface area (Å²) < 4.78 is 0. The minimum Gasteiger partial charge on any atom is -0.309 e. The van der Waals surface area contributed by atoms with E-state index in [2.05, 4.69) is 58.3 Å². The number of carbonyl (C=O) groups excluding carboxylic acids is 1. The Hall–Kier alpha value is -1.82. The first-order valence-corrected chi connectivity index (χ1v) is 10.8. The number of hydrogen-bond donors (Lipinski definition) is 0. The number of anilines is 1. The molecule has 2 aliphatic rings. The van der Waals surface area contributed by atoms with E-state index >= 15 is 0 Å². The van der Waals surface area contributed by atoms with E-state index in [1.165, 1.54) is 10.5 Å². The number of nitrogens with zero attached hydrogens (tertiary/aromatic N) is 3. The Labute approximate surface area is 166 Å². The van der Waals surface area contributed by atoms with Crippen LogP contribution in [0.5, 0.6) is 0 Å². The van der Waals surface area contributed by atoms with E-state index in [4.69, 9.17) is 0 Å². The van der Waals surface area contributed by atoms with Crippen molar-refractivity contribution in [1.29, 1.82) is 0 Å². The molecule has 1 fully saturated rings. The molecular weight excluding hydrogens is 354 g/mol. The number of para-hydroxylation sites is 1. The highest BCUT2D eigenvalue weighted by molar-refractivity contribution is 7.99. The van der Waals surface area contributed by atoms with Crippen molar-refractivity contribution in [3.63, 3.8) is 0 Å². The molecule has 0 unspecified atom stereocenters. The minimum atomic E-state index is 0.237. The van der Waals surface area contributed by atoms with E-state index < -0.39 is 0 Å². The van der Waals surface area contributed by atoms with Gasteiger partial charge in [-0.15, -0.1) is 11.8 Å². The van der Waals surface area contributed by atoms with Crippen LogP contribution in [-0.4, -0.2) is 67.3 Å². The summed E-state index contributed by atoms with van der Waals surface area (Å²) in [4.78, 5) is 20.9. The third-order valence-electron chi connectivity index (χ3n) is 5.41. The van der Waals surface area contributed by atoms with Gasteiger partial charge in [-0.3, -0.25) is 9.69 Å². The quantitative estimate of drug-likeness (QED) is 0.796. The number of fused-ring (bicyclic) bond motifs is 1. The smallest absolute Gasteiger partial charge is 0.241 e. The number of carbonyl (C=O) groups is 1. The van der Waals surface area contributed by atoms with Gasteiger partial charge in [0.1, 0.15) is 0 Å². The van der Waals surface area contributed by atoms with Crippen LogP contribution in [0.2, 0.25) is 0 Å². The first-order valence-electron chi connectivity index (χ1n) is 9.80. The summed E-state index contributed by atoms with van der Waals surface area (Å²) >= 11 is 1.85. The van der Waals surface area contributed by atoms with E-state index in [9.17, 15) is 4.79 Å². The summed E-state index contributed by atoms with van der Waals surface area (Å²) in [5.41, 5.74) is 2.48. The predicted octanol–water partition coefficient (Wildman–Crippen LogP) is 2.99. The fourth-order valence-corrected chi connectivity index (χ4v) is 4.80. The van der Waals surface area contributed by atoms with Gasteiger partial charge in [-0.1, -0.05) is 42.5 Å². The molecule has 2 aromatic rings. The number of benzene rings is 2. The van der Waals surface area contributed by atoms with Gasteiger partial charge in [-0.2, -0.15) is 0 Å². The van der Waals surface area contributed by atoms with Gasteiger partial charge in [0.2, 0.25) is 5.91 Å². The molecule has 2 aromatic carbocycles. The maximum absolute atomic E-state index is 12.9. The van der Waals surface area contributed by atoms with Crippen molar-refractivity contribution in [2.75, 3.05) is 56.5 Å². The van der Waals surface area contributed by atoms with E-state index in [0.717, 1.165) is 57.1 Å². The van der Waals surface area contributed by atoms with Gasteiger partial charge in [0.15, 0.2) is 0 Å². The van der Waals surface area contributed by atoms with Gasteiger partial charge < -0.3 is 9.80 Å². The molecule has 2 aliphatic heterocycles. The Morgan fingerprint density at radius 1 is 0.852 bits per heavy atom. The Morgan fingerprint density at radius 2 is 1.56 bits per heavy atom. The number of rotatable bonds is 5. The molecule has 4 rings (SSSR count). The average molecular weight is 382 g/mol. The molecule has 27 heavy (non-hydrogen) atoms. The summed E-state index contributed by atoms with van der Waals surface area (Å²) in [5.74, 6) is 1.22. The van der Waals surface area contributed by atoms with E-state index in [-0.39, 0.29) is 5.91 Å². The first kappa shape index (κ1) is 18.5. The number of thioether (sulfide) groups is 1. The second-order valence-corrected chi connectivity index (χ2v) is 8.35. The lowest BCUT2D eigenvalue weighted by molar-refractivity contribution is -0.120. The summed E-state index contributed by atoms with van der Waals surface area (Å²) in [6.45, 7) is 6.50. The number of amides is 1. The molecule has 0 aromatic heterocycles. The van der Waals surface area contributed by atoms with Gasteiger partial charge in [0, 0.05) is 49.9 Å². The molecule has 1 amide bonds. The van der Waals surface area contributed by atoms with Crippen molar-refractivity contribution in [2.24, 2.45) is 0 Å². The van der Waals surface area contributed by atoms with E-state index in [1.54, 1.807) is 0 Å². The lowest BCUT2D eigenvalue weighted by atomic mass is 10.1. The fraction of sp³-hybridized carbons (Fsp3) is 0.409. The van der Waals surface area contributed by atoms with Crippen LogP contribution in [0.4, 0.5) is 5.69 Å². The molecule has 1 saturated heterocycles. The van der Waals surface area contributed by atoms with E-state index in [0.29, 0.717) is 6.54 Å². The zero-order chi connectivity index (χ0) is 18.5. The topological polar surface area (TPSA) is 26.8 Å². The minimum absolute atomic E-state index is 0.237. The second kappa shape index (κ2) is 8.91. The van der Waals surface area contributed by atoms with Crippen LogP contribution in [0.3, 0.4) is 0 Å². The van der Waals surface area contributed by atoms with Gasteiger partial charge >= 0.3 is 0 Å². The second-order valence-electron chi connectivity index (χ2n) is 7.21. The molecule has 0 atom stereocenters. The van der Waals surface area contributed by atoms with Crippen molar-refractivity contribution in [2.45, 2.75) is 11.3 Å². The maximum Gasteiger partial charge on any atom is 0.241 e. The fourth-order valence-electron chi connectivity index (χ4n) is 3.81. The van der Waals surface area contributed by atoms with Crippen LogP contribution >= 0.6 is 11.8 Å². The standard InChI is InChI=1S/C22H27N3OS/c26-22(25-16-17-27-21-9-5-4-8-20(21)25)18-24-14-12-23(13-15-24)11-10-19-6-2-1-3-7-19/h1-9H,10-18H2. The zero-order valence-corrected chi connectivity index (χ0v) is 16.5. The van der Waals surface area contributed by atoms with Crippen LogP contribution in [0.25, 0.3) is 0 Å². The van der Waals surface area contributed by atoms with Crippen LogP contribution in [-0.2, 0) is 11.2 Å². The highest BCUT2D eigenvalue weighted by Gasteiger charge is 2.25. The largest absolute Gasteiger partial charge is 0.309 e. The van der Waals surface area contributed by atoms with Gasteiger partial charge in [-0.25, -0.2) is 0 Å². The molecule has 2 heterocycles. The van der Waals surface area contributed by atoms with Gasteiger partial charge in [0.25, 0.3) is 0 Å². The Bertz CT molecular complexity index is 759. The summed E-state index contributed by atoms with van der Waals surface area (Å²) in [6.07, 6.45) is 1.10. The predicted molar refractivity (Wildman–Crippen MR) is 113 cm³/mol. The van der Waals surface area contributed by atoms with Crippen LogP contribution in [0.1, 0.15) is 5.56 Å². The Morgan fingerprint density at radius 3 is 2.37 bits per heavy atom. The van der Waals surface area contributed by atoms with Crippen molar-refractivity contribution in [3.8, 4) is 0 Å². The first-order chi connectivity index (χ1) is 13.3. The highest BCUT2D eigenvalue weighted by Crippen LogP contribution is 2.34. The molecular formula is C22H27N3OS. The van der Waals surface area contributed by atoms with Crippen molar-refractivity contribution in [3.05, 3.63) is 60.2 Å². The summed E-state index contributed by atoms with van der Waals surface area (Å²) in [7, 11) is 0. The van der Waals surface area contributed by atoms with Crippen molar-refractivity contribution >= 4 is 23.4 Å².